The van der Waals surface area contributed by atoms with Crippen LogP contribution in [-0.2, 0) is 9.59 Å². The molecule has 3 rings (SSSR count). The molecule has 0 bridgehead atoms. The Kier molecular flexibility index (Phi) is 5.63. The van der Waals surface area contributed by atoms with Crippen LogP contribution in [0.15, 0.2) is 48.5 Å². The Hall–Kier alpha value is -3.35. The van der Waals surface area contributed by atoms with Gasteiger partial charge in [0.15, 0.2) is 0 Å². The third-order valence-corrected chi connectivity index (χ3v) is 4.52. The van der Waals surface area contributed by atoms with Gasteiger partial charge < -0.3 is 10.1 Å². The largest absolute Gasteiger partial charge is 0.492 e. The number of carbonyl (C=O) groups excluding carboxylic acids is 3. The van der Waals surface area contributed by atoms with Crippen molar-refractivity contribution in [1.82, 2.24) is 4.90 Å². The molecule has 1 heterocycles. The average molecular weight is 381 g/mol. The molecule has 0 saturated carbocycles. The maximum atomic E-state index is 12.8. The van der Waals surface area contributed by atoms with Crippen molar-refractivity contribution in [1.29, 1.82) is 0 Å². The lowest BCUT2D eigenvalue weighted by Crippen LogP contribution is -2.39. The summed E-state index contributed by atoms with van der Waals surface area (Å²) in [5, 5.41) is 2.71. The van der Waals surface area contributed by atoms with Gasteiger partial charge in [0.1, 0.15) is 18.3 Å². The van der Waals surface area contributed by atoms with E-state index in [9.17, 15) is 14.4 Å². The van der Waals surface area contributed by atoms with Crippen LogP contribution in [0.5, 0.6) is 5.75 Å². The number of hydrogen-bond donors (Lipinski definition) is 1. The van der Waals surface area contributed by atoms with Gasteiger partial charge in [0.25, 0.3) is 5.91 Å². The first-order valence-corrected chi connectivity index (χ1v) is 9.15. The molecule has 1 aliphatic rings. The molecule has 1 unspecified atom stereocenters. The summed E-state index contributed by atoms with van der Waals surface area (Å²) in [6.45, 7) is 5.55. The van der Waals surface area contributed by atoms with Crippen LogP contribution in [0.25, 0.3) is 0 Å². The summed E-state index contributed by atoms with van der Waals surface area (Å²) in [6.07, 6.45) is 0. The molecule has 7 heteroatoms. The highest BCUT2D eigenvalue weighted by molar-refractivity contribution is 6.16. The zero-order valence-electron chi connectivity index (χ0n) is 16.1. The summed E-state index contributed by atoms with van der Waals surface area (Å²) in [6, 6.07) is 13.2. The Labute approximate surface area is 163 Å². The van der Waals surface area contributed by atoms with E-state index in [2.05, 4.69) is 5.32 Å². The van der Waals surface area contributed by atoms with E-state index < -0.39 is 23.9 Å². The molecule has 0 aromatic heterocycles. The number of imide groups is 1. The average Bonchev–Trinajstić information content (AvgIpc) is 2.88. The van der Waals surface area contributed by atoms with Gasteiger partial charge in [0.05, 0.1) is 12.3 Å². The first-order valence-electron chi connectivity index (χ1n) is 9.15. The monoisotopic (exact) mass is 381 g/mol. The van der Waals surface area contributed by atoms with Gasteiger partial charge in [-0.2, -0.15) is 0 Å². The lowest BCUT2D eigenvalue weighted by molar-refractivity contribution is -0.130. The van der Waals surface area contributed by atoms with Crippen LogP contribution >= 0.6 is 0 Å². The van der Waals surface area contributed by atoms with Crippen molar-refractivity contribution in [3.05, 3.63) is 54.1 Å². The second-order valence-corrected chi connectivity index (χ2v) is 6.57. The molecule has 1 atom stereocenters. The maximum Gasteiger partial charge on any atom is 0.332 e. The van der Waals surface area contributed by atoms with E-state index in [1.165, 1.54) is 4.90 Å². The van der Waals surface area contributed by atoms with E-state index in [1.807, 2.05) is 26.0 Å². The number of urea groups is 1. The maximum absolute atomic E-state index is 12.8. The van der Waals surface area contributed by atoms with Crippen molar-refractivity contribution >= 4 is 29.2 Å². The van der Waals surface area contributed by atoms with Crippen LogP contribution in [0.2, 0.25) is 0 Å². The number of ether oxygens (including phenoxy) is 1. The fourth-order valence-corrected chi connectivity index (χ4v) is 3.10. The number of carbonyl (C=O) groups is 3. The number of benzene rings is 2. The van der Waals surface area contributed by atoms with Gasteiger partial charge in [0.2, 0.25) is 5.91 Å². The van der Waals surface area contributed by atoms with Crippen molar-refractivity contribution in [2.75, 3.05) is 23.4 Å². The van der Waals surface area contributed by atoms with Gasteiger partial charge in [0, 0.05) is 5.69 Å². The highest BCUT2D eigenvalue weighted by Gasteiger charge is 2.44. The molecule has 0 radical (unpaired) electrons. The molecule has 1 aliphatic heterocycles. The molecule has 146 valence electrons. The van der Waals surface area contributed by atoms with Crippen LogP contribution in [0.4, 0.5) is 16.2 Å². The summed E-state index contributed by atoms with van der Waals surface area (Å²) in [4.78, 5) is 40.2. The van der Waals surface area contributed by atoms with Crippen LogP contribution in [0, 0.1) is 6.92 Å². The smallest absolute Gasteiger partial charge is 0.332 e. The zero-order chi connectivity index (χ0) is 20.3. The predicted octanol–water partition coefficient (Wildman–Crippen LogP) is 3.19. The van der Waals surface area contributed by atoms with Gasteiger partial charge in [-0.15, -0.1) is 0 Å². The van der Waals surface area contributed by atoms with Crippen molar-refractivity contribution in [2.24, 2.45) is 0 Å². The Bertz CT molecular complexity index is 895. The fourth-order valence-electron chi connectivity index (χ4n) is 3.10. The molecule has 0 aliphatic carbocycles. The number of rotatable bonds is 6. The SMILES string of the molecule is CCOc1ccccc1NC(=O)CN1C(=O)C(C)N(c2ccc(C)cc2)C1=O. The van der Waals surface area contributed by atoms with Crippen molar-refractivity contribution < 1.29 is 19.1 Å². The molecule has 2 aromatic rings. The minimum absolute atomic E-state index is 0.356. The molecule has 1 N–H and O–H groups in total. The molecule has 0 spiro atoms. The number of nitrogens with zero attached hydrogens (tertiary/aromatic N) is 2. The van der Waals surface area contributed by atoms with Crippen molar-refractivity contribution in [2.45, 2.75) is 26.8 Å². The van der Waals surface area contributed by atoms with Crippen molar-refractivity contribution in [3.63, 3.8) is 0 Å². The van der Waals surface area contributed by atoms with Gasteiger partial charge >= 0.3 is 6.03 Å². The van der Waals surface area contributed by atoms with E-state index in [0.29, 0.717) is 23.7 Å². The highest BCUT2D eigenvalue weighted by Crippen LogP contribution is 2.27. The summed E-state index contributed by atoms with van der Waals surface area (Å²) >= 11 is 0. The second kappa shape index (κ2) is 8.12. The second-order valence-electron chi connectivity index (χ2n) is 6.57. The molecule has 7 nitrogen and oxygen atoms in total. The minimum atomic E-state index is -0.668. The number of amides is 4. The molecule has 4 amide bonds. The van der Waals surface area contributed by atoms with Gasteiger partial charge in [-0.25, -0.2) is 4.79 Å². The molecular formula is C21H23N3O4. The summed E-state index contributed by atoms with van der Waals surface area (Å²) in [5.74, 6) is -0.335. The van der Waals surface area contributed by atoms with E-state index in [4.69, 9.17) is 4.74 Å². The van der Waals surface area contributed by atoms with Gasteiger partial charge in [-0.05, 0) is 45.0 Å². The van der Waals surface area contributed by atoms with Gasteiger partial charge in [-0.3, -0.25) is 19.4 Å². The lowest BCUT2D eigenvalue weighted by atomic mass is 10.2. The first kappa shape index (κ1) is 19.4. The third kappa shape index (κ3) is 3.83. The third-order valence-electron chi connectivity index (χ3n) is 4.52. The number of aryl methyl sites for hydroxylation is 1. The Balaban J connectivity index is 1.73. The quantitative estimate of drug-likeness (QED) is 0.780. The molecule has 2 aromatic carbocycles. The summed E-state index contributed by atoms with van der Waals surface area (Å²) < 4.78 is 5.48. The van der Waals surface area contributed by atoms with E-state index in [0.717, 1.165) is 10.5 Å². The minimum Gasteiger partial charge on any atom is -0.492 e. The number of hydrogen-bond acceptors (Lipinski definition) is 4. The number of anilines is 2. The highest BCUT2D eigenvalue weighted by atomic mass is 16.5. The van der Waals surface area contributed by atoms with Crippen LogP contribution < -0.4 is 15.0 Å². The Morgan fingerprint density at radius 3 is 2.46 bits per heavy atom. The Morgan fingerprint density at radius 1 is 1.11 bits per heavy atom. The fraction of sp³-hybridized carbons (Fsp3) is 0.286. The van der Waals surface area contributed by atoms with Crippen LogP contribution in [-0.4, -0.2) is 41.9 Å². The van der Waals surface area contributed by atoms with Gasteiger partial charge in [-0.1, -0.05) is 29.8 Å². The van der Waals surface area contributed by atoms with E-state index in [1.54, 1.807) is 43.3 Å². The summed E-state index contributed by atoms with van der Waals surface area (Å²) in [7, 11) is 0. The zero-order valence-corrected chi connectivity index (χ0v) is 16.1. The predicted molar refractivity (Wildman–Crippen MR) is 106 cm³/mol. The summed E-state index contributed by atoms with van der Waals surface area (Å²) in [5.41, 5.74) is 2.18. The first-order chi connectivity index (χ1) is 13.4. The molecule has 1 saturated heterocycles. The molecule has 28 heavy (non-hydrogen) atoms. The lowest BCUT2D eigenvalue weighted by Gasteiger charge is -2.19. The van der Waals surface area contributed by atoms with Crippen LogP contribution in [0.3, 0.4) is 0 Å². The number of nitrogens with one attached hydrogen (secondary N) is 1. The Morgan fingerprint density at radius 2 is 1.79 bits per heavy atom. The number of para-hydroxylation sites is 2. The standard InChI is InChI=1S/C21H23N3O4/c1-4-28-18-8-6-5-7-17(18)22-19(25)13-23-20(26)15(3)24(21(23)27)16-11-9-14(2)10-12-16/h5-12,15H,4,13H2,1-3H3,(H,22,25). The van der Waals surface area contributed by atoms with E-state index >= 15 is 0 Å². The molecular weight excluding hydrogens is 358 g/mol. The topological polar surface area (TPSA) is 79.0 Å². The van der Waals surface area contributed by atoms with E-state index in [-0.39, 0.29) is 6.54 Å². The van der Waals surface area contributed by atoms with Crippen LogP contribution in [0.1, 0.15) is 19.4 Å². The normalized spacial score (nSPS) is 16.5. The van der Waals surface area contributed by atoms with Crippen molar-refractivity contribution in [3.8, 4) is 5.75 Å². The molecule has 1 fully saturated rings.